The highest BCUT2D eigenvalue weighted by molar-refractivity contribution is 6.30. The molecule has 4 aromatic rings. The van der Waals surface area contributed by atoms with Crippen molar-refractivity contribution < 1.29 is 23.1 Å². The van der Waals surface area contributed by atoms with Crippen molar-refractivity contribution in [2.75, 3.05) is 36.4 Å². The van der Waals surface area contributed by atoms with Crippen LogP contribution in [0.15, 0.2) is 79.0 Å². The van der Waals surface area contributed by atoms with Crippen LogP contribution in [0.5, 0.6) is 0 Å². The summed E-state index contributed by atoms with van der Waals surface area (Å²) in [6.07, 6.45) is -1.95. The number of rotatable bonds is 5. The molecule has 3 heterocycles. The summed E-state index contributed by atoms with van der Waals surface area (Å²) in [7, 11) is 0. The van der Waals surface area contributed by atoms with Crippen LogP contribution in [0.3, 0.4) is 0 Å². The largest absolute Gasteiger partial charge is 0.416 e. The topological polar surface area (TPSA) is 68.7 Å². The molecule has 11 heteroatoms. The van der Waals surface area contributed by atoms with E-state index in [1.54, 1.807) is 35.4 Å². The third-order valence-corrected chi connectivity index (χ3v) is 8.83. The Hall–Kier alpha value is -3.79. The van der Waals surface area contributed by atoms with Gasteiger partial charge in [-0.15, -0.1) is 0 Å². The minimum absolute atomic E-state index is 0.0195. The van der Waals surface area contributed by atoms with Crippen molar-refractivity contribution in [2.24, 2.45) is 0 Å². The van der Waals surface area contributed by atoms with Crippen LogP contribution in [0.4, 0.5) is 24.7 Å². The van der Waals surface area contributed by atoms with E-state index in [1.165, 1.54) is 12.1 Å². The van der Waals surface area contributed by atoms with E-state index < -0.39 is 17.3 Å². The number of likely N-dealkylation sites (tertiary alicyclic amines) is 1. The Bertz CT molecular complexity index is 1670. The van der Waals surface area contributed by atoms with Crippen LogP contribution in [0.2, 0.25) is 10.0 Å². The maximum Gasteiger partial charge on any atom is 0.416 e. The molecule has 0 unspecified atom stereocenters. The molecular weight excluding hydrogens is 612 g/mol. The monoisotopic (exact) mass is 640 g/mol. The molecule has 228 valence electrons. The first kappa shape index (κ1) is 30.2. The number of aromatic nitrogens is 1. The first-order valence-electron chi connectivity index (χ1n) is 14.2. The highest BCUT2D eigenvalue weighted by Crippen LogP contribution is 2.38. The van der Waals surface area contributed by atoms with E-state index in [9.17, 15) is 23.1 Å². The number of hydrogen-bond donors (Lipinski definition) is 2. The number of carbonyl (C=O) groups excluding carboxylic acids is 1. The van der Waals surface area contributed by atoms with E-state index in [4.69, 9.17) is 23.2 Å². The summed E-state index contributed by atoms with van der Waals surface area (Å²) in [5.41, 5.74) is 1.96. The summed E-state index contributed by atoms with van der Waals surface area (Å²) in [6.45, 7) is 1.87. The van der Waals surface area contributed by atoms with Crippen LogP contribution in [0, 0.1) is 0 Å². The predicted molar refractivity (Wildman–Crippen MR) is 166 cm³/mol. The van der Waals surface area contributed by atoms with Gasteiger partial charge in [-0.25, -0.2) is 4.98 Å². The van der Waals surface area contributed by atoms with Crippen molar-refractivity contribution in [1.82, 2.24) is 9.88 Å². The molecule has 1 amide bonds. The van der Waals surface area contributed by atoms with Crippen LogP contribution < -0.4 is 10.2 Å². The first-order chi connectivity index (χ1) is 21.0. The Balaban J connectivity index is 1.17. The molecule has 6 rings (SSSR count). The van der Waals surface area contributed by atoms with Gasteiger partial charge in [0.25, 0.3) is 5.91 Å². The molecule has 2 aliphatic heterocycles. The number of alkyl halides is 3. The predicted octanol–water partition coefficient (Wildman–Crippen LogP) is 7.63. The van der Waals surface area contributed by atoms with Gasteiger partial charge in [0.1, 0.15) is 5.82 Å². The van der Waals surface area contributed by atoms with Crippen molar-refractivity contribution >= 4 is 40.6 Å². The maximum atomic E-state index is 13.7. The number of anilines is 2. The molecule has 0 saturated carbocycles. The number of nitrogens with zero attached hydrogens (tertiary/aromatic N) is 3. The highest BCUT2D eigenvalue weighted by atomic mass is 35.5. The van der Waals surface area contributed by atoms with E-state index >= 15 is 0 Å². The summed E-state index contributed by atoms with van der Waals surface area (Å²) < 4.78 is 41.1. The number of piperidine rings is 1. The molecule has 0 atom stereocenters. The lowest BCUT2D eigenvalue weighted by Crippen LogP contribution is -2.45. The summed E-state index contributed by atoms with van der Waals surface area (Å²) in [4.78, 5) is 21.4. The van der Waals surface area contributed by atoms with Gasteiger partial charge in [-0.3, -0.25) is 4.79 Å². The molecule has 1 fully saturated rings. The average Bonchev–Trinajstić information content (AvgIpc) is 3.01. The van der Waals surface area contributed by atoms with E-state index in [0.29, 0.717) is 61.1 Å². The van der Waals surface area contributed by atoms with Crippen molar-refractivity contribution in [1.29, 1.82) is 0 Å². The lowest BCUT2D eigenvalue weighted by atomic mass is 9.84. The molecule has 1 saturated heterocycles. The number of pyridine rings is 1. The number of halogens is 5. The van der Waals surface area contributed by atoms with E-state index in [1.807, 2.05) is 35.2 Å². The van der Waals surface area contributed by atoms with Crippen molar-refractivity contribution in [2.45, 2.75) is 31.2 Å². The minimum atomic E-state index is -4.50. The third-order valence-electron chi connectivity index (χ3n) is 8.34. The van der Waals surface area contributed by atoms with Gasteiger partial charge in [0.2, 0.25) is 0 Å². The Kier molecular flexibility index (Phi) is 8.22. The Morgan fingerprint density at radius 2 is 1.59 bits per heavy atom. The summed E-state index contributed by atoms with van der Waals surface area (Å²) in [6, 6.07) is 19.9. The average molecular weight is 642 g/mol. The zero-order valence-electron chi connectivity index (χ0n) is 23.5. The smallest absolute Gasteiger partial charge is 0.385 e. The van der Waals surface area contributed by atoms with Crippen molar-refractivity contribution in [3.05, 3.63) is 111 Å². The molecule has 0 radical (unpaired) electrons. The van der Waals surface area contributed by atoms with Gasteiger partial charge in [-0.2, -0.15) is 13.2 Å². The van der Waals surface area contributed by atoms with Crippen LogP contribution in [0.25, 0.3) is 11.1 Å². The fourth-order valence-corrected chi connectivity index (χ4v) is 6.19. The molecule has 2 aliphatic rings. The van der Waals surface area contributed by atoms with E-state index in [-0.39, 0.29) is 23.0 Å². The molecule has 1 aromatic heterocycles. The van der Waals surface area contributed by atoms with Crippen molar-refractivity contribution in [3.63, 3.8) is 0 Å². The molecule has 0 spiro atoms. The van der Waals surface area contributed by atoms with Gasteiger partial charge >= 0.3 is 6.18 Å². The normalized spacial score (nSPS) is 16.3. The van der Waals surface area contributed by atoms with Gasteiger partial charge in [0.05, 0.1) is 16.9 Å². The summed E-state index contributed by atoms with van der Waals surface area (Å²) >= 11 is 12.1. The standard InChI is InChI=1S/C33H29Cl2F3N4O2/c34-26-7-5-25(6-8-26)32(44)11-14-41(15-12-32)31(43)22-3-1-21(2-4-22)23-18-29-30(40-19-23)39-13-16-42(29)20-24-17-27(35)9-10-28(24)33(36,37)38/h1-10,17-19,44H,11-16,20H2,(H,39,40). The van der Waals surface area contributed by atoms with Gasteiger partial charge in [0.15, 0.2) is 0 Å². The minimum Gasteiger partial charge on any atom is -0.385 e. The highest BCUT2D eigenvalue weighted by Gasteiger charge is 2.36. The maximum absolute atomic E-state index is 13.7. The second-order valence-corrected chi connectivity index (χ2v) is 12.0. The SMILES string of the molecule is O=C(c1ccc(-c2cnc3c(c2)N(Cc2cc(Cl)ccc2C(F)(F)F)CCN3)cc1)N1CCC(O)(c2ccc(Cl)cc2)CC1. The number of fused-ring (bicyclic) bond motifs is 1. The summed E-state index contributed by atoms with van der Waals surface area (Å²) in [5.74, 6) is 0.474. The molecule has 3 aromatic carbocycles. The fraction of sp³-hybridized carbons (Fsp3) is 0.273. The second kappa shape index (κ2) is 12.0. The molecule has 6 nitrogen and oxygen atoms in total. The summed E-state index contributed by atoms with van der Waals surface area (Å²) in [5, 5.41) is 15.2. The number of benzene rings is 3. The lowest BCUT2D eigenvalue weighted by Gasteiger charge is -2.38. The Morgan fingerprint density at radius 1 is 0.909 bits per heavy atom. The van der Waals surface area contributed by atoms with Gasteiger partial charge in [0, 0.05) is 60.1 Å². The zero-order valence-corrected chi connectivity index (χ0v) is 25.1. The molecule has 0 aliphatic carbocycles. The fourth-order valence-electron chi connectivity index (χ4n) is 5.87. The third kappa shape index (κ3) is 6.22. The Labute approximate surface area is 263 Å². The van der Waals surface area contributed by atoms with Gasteiger partial charge < -0.3 is 20.2 Å². The molecule has 44 heavy (non-hydrogen) atoms. The van der Waals surface area contributed by atoms with Crippen LogP contribution in [-0.4, -0.2) is 47.1 Å². The number of aliphatic hydroxyl groups is 1. The zero-order chi connectivity index (χ0) is 31.1. The number of nitrogens with one attached hydrogen (secondary N) is 1. The second-order valence-electron chi connectivity index (χ2n) is 11.1. The van der Waals surface area contributed by atoms with Gasteiger partial charge in [-0.05, 0) is 78.1 Å². The molecular formula is C33H29Cl2F3N4O2. The lowest BCUT2D eigenvalue weighted by molar-refractivity contribution is -0.138. The molecule has 2 N–H and O–H groups in total. The van der Waals surface area contributed by atoms with Crippen LogP contribution in [0.1, 0.15) is 39.9 Å². The number of hydrogen-bond acceptors (Lipinski definition) is 5. The van der Waals surface area contributed by atoms with Gasteiger partial charge in [-0.1, -0.05) is 47.5 Å². The Morgan fingerprint density at radius 3 is 2.27 bits per heavy atom. The molecule has 0 bridgehead atoms. The van der Waals surface area contributed by atoms with Crippen LogP contribution in [-0.2, 0) is 18.3 Å². The van der Waals surface area contributed by atoms with Crippen molar-refractivity contribution in [3.8, 4) is 11.1 Å². The van der Waals surface area contributed by atoms with E-state index in [0.717, 1.165) is 22.8 Å². The number of carbonyl (C=O) groups is 1. The quantitative estimate of drug-likeness (QED) is 0.235. The van der Waals surface area contributed by atoms with Crippen LogP contribution >= 0.6 is 23.2 Å². The number of amides is 1. The first-order valence-corrected chi connectivity index (χ1v) is 15.0. The van der Waals surface area contributed by atoms with E-state index in [2.05, 4.69) is 10.3 Å².